The zero-order chi connectivity index (χ0) is 19.8. The standard InChI is InChI=1S/C20H23N7O2/c1-28-15-5-3-14(4-6-15)23-19-24-18(29-2)17-16(7-9-27(17)25-19)13-11-22-20-21-8-10-26(20)12-13/h7-12,14-15H,3-6H2,1-2H3,(H,23,25)/t14-,15+. The van der Waals surface area contributed by atoms with Gasteiger partial charge in [-0.25, -0.2) is 14.5 Å². The Labute approximate surface area is 167 Å². The van der Waals surface area contributed by atoms with Crippen LogP contribution in [-0.4, -0.2) is 55.3 Å². The second-order valence-electron chi connectivity index (χ2n) is 7.30. The van der Waals surface area contributed by atoms with E-state index in [9.17, 15) is 0 Å². The van der Waals surface area contributed by atoms with Crippen molar-refractivity contribution in [2.75, 3.05) is 19.5 Å². The molecule has 5 rings (SSSR count). The van der Waals surface area contributed by atoms with Crippen LogP contribution in [0.2, 0.25) is 0 Å². The maximum absolute atomic E-state index is 5.61. The third-order valence-electron chi connectivity index (χ3n) is 5.57. The van der Waals surface area contributed by atoms with Gasteiger partial charge in [0.15, 0.2) is 0 Å². The van der Waals surface area contributed by atoms with Crippen LogP contribution < -0.4 is 10.1 Å². The summed E-state index contributed by atoms with van der Waals surface area (Å²) in [5.41, 5.74) is 2.71. The fourth-order valence-corrected chi connectivity index (χ4v) is 4.01. The predicted octanol–water partition coefficient (Wildman–Crippen LogP) is 2.82. The number of nitrogens with one attached hydrogen (secondary N) is 1. The third kappa shape index (κ3) is 3.27. The van der Waals surface area contributed by atoms with E-state index in [0.717, 1.165) is 42.3 Å². The number of imidazole rings is 1. The topological polar surface area (TPSA) is 90.9 Å². The summed E-state index contributed by atoms with van der Waals surface area (Å²) in [7, 11) is 3.41. The van der Waals surface area contributed by atoms with Gasteiger partial charge in [-0.2, -0.15) is 4.98 Å². The Bertz CT molecular complexity index is 1140. The summed E-state index contributed by atoms with van der Waals surface area (Å²) in [4.78, 5) is 13.2. The van der Waals surface area contributed by atoms with Crippen molar-refractivity contribution in [1.29, 1.82) is 0 Å². The second-order valence-corrected chi connectivity index (χ2v) is 7.30. The van der Waals surface area contributed by atoms with Gasteiger partial charge in [-0.05, 0) is 31.7 Å². The zero-order valence-corrected chi connectivity index (χ0v) is 16.4. The summed E-state index contributed by atoms with van der Waals surface area (Å²) >= 11 is 0. The molecule has 1 aliphatic carbocycles. The third-order valence-corrected chi connectivity index (χ3v) is 5.57. The molecule has 0 aromatic carbocycles. The number of hydrogen-bond acceptors (Lipinski definition) is 7. The van der Waals surface area contributed by atoms with Gasteiger partial charge in [0.25, 0.3) is 0 Å². The molecule has 0 atom stereocenters. The van der Waals surface area contributed by atoms with Crippen LogP contribution in [0, 0.1) is 0 Å². The number of ether oxygens (including phenoxy) is 2. The highest BCUT2D eigenvalue weighted by atomic mass is 16.5. The van der Waals surface area contributed by atoms with Gasteiger partial charge in [0.2, 0.25) is 17.6 Å². The molecule has 0 saturated heterocycles. The lowest BCUT2D eigenvalue weighted by Gasteiger charge is -2.28. The number of anilines is 1. The Morgan fingerprint density at radius 1 is 1.10 bits per heavy atom. The Hall–Kier alpha value is -3.20. The summed E-state index contributed by atoms with van der Waals surface area (Å²) in [6.07, 6.45) is 13.8. The smallest absolute Gasteiger partial charge is 0.244 e. The highest BCUT2D eigenvalue weighted by Crippen LogP contribution is 2.31. The van der Waals surface area contributed by atoms with E-state index in [1.54, 1.807) is 26.6 Å². The van der Waals surface area contributed by atoms with Crippen molar-refractivity contribution in [2.24, 2.45) is 0 Å². The molecule has 29 heavy (non-hydrogen) atoms. The SMILES string of the molecule is COc1nc(N[C@H]2CC[C@@H](OC)CC2)nn2ccc(-c3cnc4nccn4c3)c12. The molecule has 1 N–H and O–H groups in total. The minimum atomic E-state index is 0.339. The number of aromatic nitrogens is 6. The van der Waals surface area contributed by atoms with Crippen LogP contribution >= 0.6 is 0 Å². The number of hydrogen-bond donors (Lipinski definition) is 1. The van der Waals surface area contributed by atoms with Gasteiger partial charge in [-0.3, -0.25) is 4.40 Å². The number of nitrogens with zero attached hydrogens (tertiary/aromatic N) is 6. The Morgan fingerprint density at radius 3 is 2.76 bits per heavy atom. The first-order valence-electron chi connectivity index (χ1n) is 9.77. The molecule has 4 aromatic heterocycles. The average Bonchev–Trinajstić information content (AvgIpc) is 3.40. The minimum Gasteiger partial charge on any atom is -0.479 e. The molecule has 4 aromatic rings. The first kappa shape index (κ1) is 17.9. The molecule has 9 nitrogen and oxygen atoms in total. The quantitative estimate of drug-likeness (QED) is 0.557. The Balaban J connectivity index is 1.47. The van der Waals surface area contributed by atoms with Crippen LogP contribution in [0.25, 0.3) is 22.4 Å². The first-order chi connectivity index (χ1) is 14.2. The van der Waals surface area contributed by atoms with Crippen molar-refractivity contribution in [1.82, 2.24) is 29.0 Å². The van der Waals surface area contributed by atoms with Crippen molar-refractivity contribution in [3.05, 3.63) is 37.1 Å². The zero-order valence-electron chi connectivity index (χ0n) is 16.4. The summed E-state index contributed by atoms with van der Waals surface area (Å²) < 4.78 is 14.8. The van der Waals surface area contributed by atoms with E-state index in [2.05, 4.69) is 25.4 Å². The van der Waals surface area contributed by atoms with Crippen molar-refractivity contribution in [3.63, 3.8) is 0 Å². The molecule has 0 aliphatic heterocycles. The molecule has 9 heteroatoms. The molecule has 0 spiro atoms. The van der Waals surface area contributed by atoms with Gasteiger partial charge in [-0.1, -0.05) is 0 Å². The van der Waals surface area contributed by atoms with Gasteiger partial charge in [-0.15, -0.1) is 5.10 Å². The first-order valence-corrected chi connectivity index (χ1v) is 9.77. The normalized spacial score (nSPS) is 19.7. The second kappa shape index (κ2) is 7.32. The van der Waals surface area contributed by atoms with Gasteiger partial charge in [0.1, 0.15) is 5.52 Å². The molecule has 0 amide bonds. The maximum atomic E-state index is 5.61. The van der Waals surface area contributed by atoms with Crippen molar-refractivity contribution >= 4 is 17.2 Å². The highest BCUT2D eigenvalue weighted by molar-refractivity contribution is 5.84. The van der Waals surface area contributed by atoms with E-state index in [1.807, 2.05) is 33.6 Å². The largest absolute Gasteiger partial charge is 0.479 e. The molecular formula is C20H23N7O2. The van der Waals surface area contributed by atoms with Gasteiger partial charge < -0.3 is 14.8 Å². The van der Waals surface area contributed by atoms with E-state index < -0.39 is 0 Å². The lowest BCUT2D eigenvalue weighted by molar-refractivity contribution is 0.0681. The Kier molecular flexibility index (Phi) is 4.51. The molecule has 150 valence electrons. The van der Waals surface area contributed by atoms with Crippen LogP contribution in [-0.2, 0) is 4.74 Å². The molecule has 1 saturated carbocycles. The molecule has 1 fully saturated rings. The lowest BCUT2D eigenvalue weighted by Crippen LogP contribution is -2.30. The number of fused-ring (bicyclic) bond motifs is 2. The number of methoxy groups -OCH3 is 2. The fraction of sp³-hybridized carbons (Fsp3) is 0.400. The van der Waals surface area contributed by atoms with Gasteiger partial charge >= 0.3 is 0 Å². The van der Waals surface area contributed by atoms with E-state index in [4.69, 9.17) is 9.47 Å². The summed E-state index contributed by atoms with van der Waals surface area (Å²) in [6.45, 7) is 0. The van der Waals surface area contributed by atoms with Gasteiger partial charge in [0, 0.05) is 55.3 Å². The van der Waals surface area contributed by atoms with Crippen LogP contribution in [0.3, 0.4) is 0 Å². The van der Waals surface area contributed by atoms with Crippen molar-refractivity contribution in [2.45, 2.75) is 37.8 Å². The molecule has 4 heterocycles. The van der Waals surface area contributed by atoms with E-state index in [0.29, 0.717) is 29.8 Å². The van der Waals surface area contributed by atoms with Crippen LogP contribution in [0.1, 0.15) is 25.7 Å². The van der Waals surface area contributed by atoms with Crippen molar-refractivity contribution in [3.8, 4) is 17.0 Å². The summed E-state index contributed by atoms with van der Waals surface area (Å²) in [5.74, 6) is 1.76. The highest BCUT2D eigenvalue weighted by Gasteiger charge is 2.22. The van der Waals surface area contributed by atoms with Crippen LogP contribution in [0.4, 0.5) is 5.95 Å². The average molecular weight is 393 g/mol. The van der Waals surface area contributed by atoms with E-state index in [1.165, 1.54) is 0 Å². The molecular weight excluding hydrogens is 370 g/mol. The van der Waals surface area contributed by atoms with Gasteiger partial charge in [0.05, 0.1) is 13.2 Å². The minimum absolute atomic E-state index is 0.339. The molecule has 1 aliphatic rings. The van der Waals surface area contributed by atoms with Crippen molar-refractivity contribution < 1.29 is 9.47 Å². The molecule has 0 radical (unpaired) electrons. The monoisotopic (exact) mass is 393 g/mol. The molecule has 0 unspecified atom stereocenters. The summed E-state index contributed by atoms with van der Waals surface area (Å²) in [5, 5.41) is 8.12. The summed E-state index contributed by atoms with van der Waals surface area (Å²) in [6, 6.07) is 2.34. The van der Waals surface area contributed by atoms with E-state index >= 15 is 0 Å². The van der Waals surface area contributed by atoms with E-state index in [-0.39, 0.29) is 0 Å². The van der Waals surface area contributed by atoms with Crippen LogP contribution in [0.5, 0.6) is 5.88 Å². The maximum Gasteiger partial charge on any atom is 0.244 e. The fourth-order valence-electron chi connectivity index (χ4n) is 4.01. The predicted molar refractivity (Wildman–Crippen MR) is 108 cm³/mol. The number of rotatable bonds is 5. The lowest BCUT2D eigenvalue weighted by atomic mass is 9.93. The Morgan fingerprint density at radius 2 is 1.97 bits per heavy atom. The molecule has 0 bridgehead atoms. The van der Waals surface area contributed by atoms with Crippen LogP contribution in [0.15, 0.2) is 37.1 Å².